The average Bonchev–Trinajstić information content (AvgIpc) is 2.73. The molecular formula is C29H25NO2. The fraction of sp³-hybridized carbons (Fsp3) is 0.241. The number of amides is 2. The van der Waals surface area contributed by atoms with Crippen molar-refractivity contribution in [2.75, 3.05) is 7.05 Å². The first-order valence-electron chi connectivity index (χ1n) is 11.1. The number of carbonyl (C=O) groups excluding carboxylic acids is 2. The Morgan fingerprint density at radius 2 is 1.19 bits per heavy atom. The third kappa shape index (κ3) is 2.02. The van der Waals surface area contributed by atoms with E-state index in [0.29, 0.717) is 11.1 Å². The Labute approximate surface area is 186 Å². The first-order chi connectivity index (χ1) is 15.1. The summed E-state index contributed by atoms with van der Waals surface area (Å²) in [4.78, 5) is 27.9. The van der Waals surface area contributed by atoms with Gasteiger partial charge in [-0.05, 0) is 119 Å². The number of aryl methyl sites for hydroxylation is 5. The van der Waals surface area contributed by atoms with Gasteiger partial charge in [-0.15, -0.1) is 0 Å². The van der Waals surface area contributed by atoms with Crippen LogP contribution in [0, 0.1) is 41.5 Å². The highest BCUT2D eigenvalue weighted by molar-refractivity contribution is 6.40. The molecule has 1 aliphatic rings. The maximum atomic E-state index is 13.3. The van der Waals surface area contributed by atoms with E-state index in [-0.39, 0.29) is 11.8 Å². The summed E-state index contributed by atoms with van der Waals surface area (Å²) in [7, 11) is 1.59. The van der Waals surface area contributed by atoms with Crippen LogP contribution in [0.1, 0.15) is 54.1 Å². The molecule has 5 aromatic rings. The summed E-state index contributed by atoms with van der Waals surface area (Å²) < 4.78 is 0. The van der Waals surface area contributed by atoms with Crippen LogP contribution in [0.15, 0.2) is 24.3 Å². The van der Waals surface area contributed by atoms with Crippen molar-refractivity contribution >= 4 is 54.9 Å². The third-order valence-electron chi connectivity index (χ3n) is 7.81. The van der Waals surface area contributed by atoms with Gasteiger partial charge in [0, 0.05) is 12.4 Å². The Morgan fingerprint density at radius 1 is 0.562 bits per heavy atom. The molecule has 0 saturated carbocycles. The normalized spacial score (nSPS) is 14.2. The standard InChI is InChI=1S/C29H25NO2/c1-12-8-18-10-13(2)15(4)22-20-11-14(3)21-27-24(29(32)30(7)28(21)31)17(6)16(5)23(26(20)27)19(9-12)25(18)22/h8-11H,1-7H3. The van der Waals surface area contributed by atoms with E-state index in [9.17, 15) is 9.59 Å². The third-order valence-corrected chi connectivity index (χ3v) is 7.81. The first kappa shape index (κ1) is 19.2. The molecule has 0 aliphatic carbocycles. The summed E-state index contributed by atoms with van der Waals surface area (Å²) in [6.45, 7) is 12.6. The van der Waals surface area contributed by atoms with Gasteiger partial charge in [0.25, 0.3) is 11.8 Å². The SMILES string of the molecule is Cc1cc2cc(C)c(C)c3c4cc(C)c5c6c(c(C)c(C)c(c(c1)c23)c64)C(=O)N(C)C5=O. The molecule has 3 heteroatoms. The smallest absolute Gasteiger partial charge is 0.261 e. The molecule has 32 heavy (non-hydrogen) atoms. The van der Waals surface area contributed by atoms with Gasteiger partial charge in [0.15, 0.2) is 0 Å². The van der Waals surface area contributed by atoms with E-state index in [2.05, 4.69) is 52.0 Å². The van der Waals surface area contributed by atoms with Crippen LogP contribution in [-0.4, -0.2) is 23.8 Å². The molecule has 0 aromatic heterocycles. The van der Waals surface area contributed by atoms with Crippen LogP contribution >= 0.6 is 0 Å². The number of hydrogen-bond donors (Lipinski definition) is 0. The fourth-order valence-electron chi connectivity index (χ4n) is 6.05. The maximum Gasteiger partial charge on any atom is 0.261 e. The zero-order valence-electron chi connectivity index (χ0n) is 19.6. The highest BCUT2D eigenvalue weighted by Crippen LogP contribution is 2.48. The minimum Gasteiger partial charge on any atom is -0.277 e. The number of rotatable bonds is 0. The molecule has 1 aliphatic heterocycles. The Bertz CT molecular complexity index is 1720. The lowest BCUT2D eigenvalue weighted by atomic mass is 9.78. The number of nitrogens with zero attached hydrogens (tertiary/aromatic N) is 1. The van der Waals surface area contributed by atoms with Gasteiger partial charge in [0.1, 0.15) is 0 Å². The molecule has 0 spiro atoms. The highest BCUT2D eigenvalue weighted by atomic mass is 16.2. The predicted molar refractivity (Wildman–Crippen MR) is 132 cm³/mol. The zero-order chi connectivity index (χ0) is 22.8. The predicted octanol–water partition coefficient (Wildman–Crippen LogP) is 6.81. The minimum atomic E-state index is -0.207. The number of imide groups is 1. The summed E-state index contributed by atoms with van der Waals surface area (Å²) >= 11 is 0. The van der Waals surface area contributed by atoms with E-state index >= 15 is 0 Å². The Kier molecular flexibility index (Phi) is 3.52. The summed E-state index contributed by atoms with van der Waals surface area (Å²) in [5.74, 6) is -0.408. The second-order valence-corrected chi connectivity index (χ2v) is 9.64. The van der Waals surface area contributed by atoms with Crippen LogP contribution in [0.3, 0.4) is 0 Å². The molecule has 0 N–H and O–H groups in total. The Balaban J connectivity index is 2.10. The molecule has 0 saturated heterocycles. The van der Waals surface area contributed by atoms with Crippen LogP contribution in [0.5, 0.6) is 0 Å². The highest BCUT2D eigenvalue weighted by Gasteiger charge is 2.35. The topological polar surface area (TPSA) is 37.4 Å². The largest absolute Gasteiger partial charge is 0.277 e. The van der Waals surface area contributed by atoms with Gasteiger partial charge in [0.05, 0.1) is 11.1 Å². The summed E-state index contributed by atoms with van der Waals surface area (Å²) in [6.07, 6.45) is 0. The van der Waals surface area contributed by atoms with Crippen LogP contribution < -0.4 is 0 Å². The van der Waals surface area contributed by atoms with Crippen LogP contribution in [0.25, 0.3) is 43.1 Å². The molecule has 1 heterocycles. The zero-order valence-corrected chi connectivity index (χ0v) is 19.6. The van der Waals surface area contributed by atoms with Crippen molar-refractivity contribution in [3.05, 3.63) is 68.8 Å². The van der Waals surface area contributed by atoms with Crippen molar-refractivity contribution in [2.45, 2.75) is 41.5 Å². The molecule has 0 unspecified atom stereocenters. The van der Waals surface area contributed by atoms with Gasteiger partial charge in [-0.25, -0.2) is 0 Å². The summed E-state index contributed by atoms with van der Waals surface area (Å²) in [5, 5.41) is 9.21. The Hall–Kier alpha value is -3.46. The molecule has 158 valence electrons. The first-order valence-corrected chi connectivity index (χ1v) is 11.1. The van der Waals surface area contributed by atoms with E-state index < -0.39 is 0 Å². The van der Waals surface area contributed by atoms with Crippen LogP contribution in [0.4, 0.5) is 0 Å². The lowest BCUT2D eigenvalue weighted by Gasteiger charge is -2.30. The molecule has 0 bridgehead atoms. The molecule has 5 aromatic carbocycles. The second kappa shape index (κ2) is 5.86. The van der Waals surface area contributed by atoms with E-state index in [1.807, 2.05) is 13.8 Å². The Morgan fingerprint density at radius 3 is 1.91 bits per heavy atom. The van der Waals surface area contributed by atoms with Gasteiger partial charge in [-0.1, -0.05) is 18.2 Å². The van der Waals surface area contributed by atoms with Gasteiger partial charge < -0.3 is 0 Å². The number of fused-ring (bicyclic) bond motifs is 2. The van der Waals surface area contributed by atoms with E-state index in [4.69, 9.17) is 0 Å². The summed E-state index contributed by atoms with van der Waals surface area (Å²) in [6, 6.07) is 8.99. The molecule has 0 atom stereocenters. The molecular weight excluding hydrogens is 394 g/mol. The van der Waals surface area contributed by atoms with E-state index in [1.165, 1.54) is 48.5 Å². The maximum absolute atomic E-state index is 13.3. The molecule has 0 radical (unpaired) electrons. The average molecular weight is 420 g/mol. The van der Waals surface area contributed by atoms with Crippen molar-refractivity contribution < 1.29 is 9.59 Å². The van der Waals surface area contributed by atoms with Crippen LogP contribution in [-0.2, 0) is 0 Å². The minimum absolute atomic E-state index is 0.202. The van der Waals surface area contributed by atoms with Crippen molar-refractivity contribution in [1.82, 2.24) is 4.90 Å². The fourth-order valence-corrected chi connectivity index (χ4v) is 6.05. The quantitative estimate of drug-likeness (QED) is 0.157. The number of benzene rings is 5. The van der Waals surface area contributed by atoms with Gasteiger partial charge >= 0.3 is 0 Å². The van der Waals surface area contributed by atoms with E-state index in [0.717, 1.165) is 32.8 Å². The van der Waals surface area contributed by atoms with Gasteiger partial charge in [0.2, 0.25) is 0 Å². The van der Waals surface area contributed by atoms with Crippen molar-refractivity contribution in [2.24, 2.45) is 0 Å². The van der Waals surface area contributed by atoms with Crippen molar-refractivity contribution in [3.8, 4) is 0 Å². The van der Waals surface area contributed by atoms with Crippen molar-refractivity contribution in [3.63, 3.8) is 0 Å². The van der Waals surface area contributed by atoms with E-state index in [1.54, 1.807) is 7.05 Å². The molecule has 0 fully saturated rings. The van der Waals surface area contributed by atoms with Crippen LogP contribution in [0.2, 0.25) is 0 Å². The van der Waals surface area contributed by atoms with Gasteiger partial charge in [-0.3, -0.25) is 14.5 Å². The summed E-state index contributed by atoms with van der Waals surface area (Å²) in [5.41, 5.74) is 8.09. The number of carbonyl (C=O) groups is 2. The molecule has 3 nitrogen and oxygen atoms in total. The lowest BCUT2D eigenvalue weighted by Crippen LogP contribution is -2.38. The number of hydrogen-bond acceptors (Lipinski definition) is 2. The van der Waals surface area contributed by atoms with Gasteiger partial charge in [-0.2, -0.15) is 0 Å². The molecule has 2 amide bonds. The second-order valence-electron chi connectivity index (χ2n) is 9.64. The lowest BCUT2D eigenvalue weighted by molar-refractivity contribution is 0.0650. The molecule has 6 rings (SSSR count). The van der Waals surface area contributed by atoms with Crippen molar-refractivity contribution in [1.29, 1.82) is 0 Å². The monoisotopic (exact) mass is 419 g/mol.